The van der Waals surface area contributed by atoms with Gasteiger partial charge in [-0.15, -0.1) is 11.6 Å². The van der Waals surface area contributed by atoms with Crippen molar-refractivity contribution in [1.29, 1.82) is 0 Å². The molecule has 0 amide bonds. The number of carbonyl (C=O) groups is 2. The molecule has 0 radical (unpaired) electrons. The Balaban J connectivity index is 1.66. The van der Waals surface area contributed by atoms with Crippen LogP contribution < -0.4 is 9.47 Å². The van der Waals surface area contributed by atoms with Gasteiger partial charge in [0.25, 0.3) is 0 Å². The molecule has 1 saturated heterocycles. The molecule has 0 aromatic heterocycles. The minimum Gasteiger partial charge on any atom is -0.490 e. The van der Waals surface area contributed by atoms with Gasteiger partial charge in [-0.1, -0.05) is 49.2 Å². The number of hydrogen-bond acceptors (Lipinski definition) is 8. The highest BCUT2D eigenvalue weighted by Crippen LogP contribution is 2.40. The molecule has 1 aliphatic rings. The lowest BCUT2D eigenvalue weighted by molar-refractivity contribution is -0.149. The molecule has 0 saturated carbocycles. The normalized spacial score (nSPS) is 15.7. The lowest BCUT2D eigenvalue weighted by Gasteiger charge is -2.30. The van der Waals surface area contributed by atoms with Gasteiger partial charge in [0.2, 0.25) is 0 Å². The summed E-state index contributed by atoms with van der Waals surface area (Å²) < 4.78 is 27.7. The summed E-state index contributed by atoms with van der Waals surface area (Å²) in [5.74, 6) is 0.263. The average Bonchev–Trinajstić information content (AvgIpc) is 2.90. The van der Waals surface area contributed by atoms with E-state index in [1.807, 2.05) is 36.4 Å². The van der Waals surface area contributed by atoms with E-state index in [4.69, 9.17) is 58.5 Å². The first-order valence-corrected chi connectivity index (χ1v) is 14.3. The van der Waals surface area contributed by atoms with Crippen LogP contribution in [0.1, 0.15) is 38.8 Å². The fourth-order valence-corrected chi connectivity index (χ4v) is 5.08. The van der Waals surface area contributed by atoms with Crippen molar-refractivity contribution in [2.75, 3.05) is 51.9 Å². The Hall–Kier alpha value is -2.23. The maximum atomic E-state index is 11.6. The molecule has 0 aliphatic carbocycles. The van der Waals surface area contributed by atoms with Gasteiger partial charge in [0.15, 0.2) is 5.75 Å². The summed E-state index contributed by atoms with van der Waals surface area (Å²) in [6.07, 6.45) is -1.00. The van der Waals surface area contributed by atoms with Crippen molar-refractivity contribution in [3.63, 3.8) is 0 Å². The predicted octanol–water partition coefficient (Wildman–Crippen LogP) is 5.51. The number of rotatable bonds is 13. The van der Waals surface area contributed by atoms with Crippen LogP contribution in [0.2, 0.25) is 10.0 Å². The zero-order chi connectivity index (χ0) is 29.3. The van der Waals surface area contributed by atoms with Crippen molar-refractivity contribution in [1.82, 2.24) is 4.90 Å². The van der Waals surface area contributed by atoms with Crippen LogP contribution in [-0.4, -0.2) is 81.0 Å². The molecule has 2 aromatic carbocycles. The van der Waals surface area contributed by atoms with Gasteiger partial charge in [0.1, 0.15) is 31.2 Å². The van der Waals surface area contributed by atoms with E-state index in [1.54, 1.807) is 0 Å². The molecule has 0 unspecified atom stereocenters. The Labute approximate surface area is 250 Å². The number of ether oxygens (including phenoxy) is 5. The first-order valence-electron chi connectivity index (χ1n) is 13.1. The summed E-state index contributed by atoms with van der Waals surface area (Å²) in [5, 5.41) is 0.673. The fraction of sp³-hybridized carbons (Fsp3) is 0.517. The highest BCUT2D eigenvalue weighted by molar-refractivity contribution is 6.37. The Bertz CT molecular complexity index is 1110. The maximum absolute atomic E-state index is 11.6. The van der Waals surface area contributed by atoms with Gasteiger partial charge >= 0.3 is 11.9 Å². The molecule has 2 atom stereocenters. The minimum absolute atomic E-state index is 0.0253. The second-order valence-corrected chi connectivity index (χ2v) is 11.2. The molecule has 220 valence electrons. The van der Waals surface area contributed by atoms with E-state index in [1.165, 1.54) is 13.8 Å². The van der Waals surface area contributed by atoms with Gasteiger partial charge in [-0.3, -0.25) is 14.5 Å². The molecule has 8 nitrogen and oxygen atoms in total. The monoisotopic (exact) mass is 615 g/mol. The van der Waals surface area contributed by atoms with Crippen molar-refractivity contribution in [3.05, 3.63) is 57.6 Å². The Morgan fingerprint density at radius 2 is 1.45 bits per heavy atom. The van der Waals surface area contributed by atoms with Gasteiger partial charge in [-0.2, -0.15) is 0 Å². The molecule has 11 heteroatoms. The van der Waals surface area contributed by atoms with Gasteiger partial charge in [-0.25, -0.2) is 0 Å². The largest absolute Gasteiger partial charge is 0.490 e. The first kappa shape index (κ1) is 32.3. The summed E-state index contributed by atoms with van der Waals surface area (Å²) in [4.78, 5) is 25.0. The smallest absolute Gasteiger partial charge is 0.303 e. The van der Waals surface area contributed by atoms with E-state index < -0.39 is 17.5 Å². The van der Waals surface area contributed by atoms with Crippen LogP contribution in [0.5, 0.6) is 11.5 Å². The van der Waals surface area contributed by atoms with Crippen molar-refractivity contribution in [2.45, 2.75) is 45.3 Å². The Morgan fingerprint density at radius 1 is 0.900 bits per heavy atom. The number of carbonyl (C=O) groups excluding carboxylic acids is 2. The summed E-state index contributed by atoms with van der Waals surface area (Å²) in [6, 6.07) is 11.4. The summed E-state index contributed by atoms with van der Waals surface area (Å²) in [7, 11) is 0. The number of benzene rings is 2. The molecular weight excluding hydrogens is 581 g/mol. The summed E-state index contributed by atoms with van der Waals surface area (Å²) in [6.45, 7) is 10.6. The van der Waals surface area contributed by atoms with Crippen molar-refractivity contribution in [2.24, 2.45) is 0 Å². The van der Waals surface area contributed by atoms with Crippen LogP contribution in [-0.2, 0) is 29.2 Å². The Kier molecular flexibility index (Phi) is 12.2. The van der Waals surface area contributed by atoms with E-state index >= 15 is 0 Å². The van der Waals surface area contributed by atoms with Crippen molar-refractivity contribution in [3.8, 4) is 11.5 Å². The van der Waals surface area contributed by atoms with Gasteiger partial charge in [0.05, 0.1) is 29.1 Å². The zero-order valence-electron chi connectivity index (χ0n) is 23.2. The molecule has 1 aliphatic heterocycles. The molecule has 3 rings (SSSR count). The van der Waals surface area contributed by atoms with Crippen molar-refractivity contribution < 1.29 is 33.3 Å². The SMILES string of the molecule is CC(=O)O[C@H](CCl)COc1c(Cl)cc(C(C)(C)c2ccc(OC[C@@H](CN3CCOCC3)OC(C)=O)cc2)cc1Cl. The van der Waals surface area contributed by atoms with E-state index in [0.717, 1.165) is 24.2 Å². The number of hydrogen-bond donors (Lipinski definition) is 0. The summed E-state index contributed by atoms with van der Waals surface area (Å²) >= 11 is 19.0. The molecule has 2 aromatic rings. The zero-order valence-corrected chi connectivity index (χ0v) is 25.5. The maximum Gasteiger partial charge on any atom is 0.303 e. The fourth-order valence-electron chi connectivity index (χ4n) is 4.33. The summed E-state index contributed by atoms with van der Waals surface area (Å²) in [5.41, 5.74) is 1.46. The lowest BCUT2D eigenvalue weighted by atomic mass is 9.78. The van der Waals surface area contributed by atoms with Crippen LogP contribution >= 0.6 is 34.8 Å². The third-order valence-corrected chi connectivity index (χ3v) is 7.45. The van der Waals surface area contributed by atoms with Gasteiger partial charge in [-0.05, 0) is 35.4 Å². The third kappa shape index (κ3) is 9.42. The molecule has 0 spiro atoms. The highest BCUT2D eigenvalue weighted by atomic mass is 35.5. The Morgan fingerprint density at radius 3 is 2.00 bits per heavy atom. The van der Waals surface area contributed by atoms with Gasteiger partial charge < -0.3 is 23.7 Å². The van der Waals surface area contributed by atoms with E-state index in [0.29, 0.717) is 41.3 Å². The van der Waals surface area contributed by atoms with Gasteiger partial charge in [0, 0.05) is 38.9 Å². The topological polar surface area (TPSA) is 83.5 Å². The minimum atomic E-state index is -0.619. The first-order chi connectivity index (χ1) is 19.0. The molecule has 1 fully saturated rings. The molecule has 0 N–H and O–H groups in total. The lowest BCUT2D eigenvalue weighted by Crippen LogP contribution is -2.43. The number of alkyl halides is 1. The van der Waals surface area contributed by atoms with Crippen LogP contribution in [0.4, 0.5) is 0 Å². The van der Waals surface area contributed by atoms with Crippen LogP contribution in [0, 0.1) is 0 Å². The quantitative estimate of drug-likeness (QED) is 0.215. The number of morpholine rings is 1. The number of halogens is 3. The standard InChI is InChI=1S/C29H36Cl3NO7/c1-19(34)39-24(15-30)17-38-28-26(31)13-22(14-27(28)32)29(3,4)21-5-7-23(8-6-21)37-18-25(40-20(2)35)16-33-9-11-36-12-10-33/h5-8,13-14,24-25H,9-12,15-18H2,1-4H3/t24-,25-/m1/s1. The average molecular weight is 617 g/mol. The third-order valence-electron chi connectivity index (χ3n) is 6.55. The molecule has 1 heterocycles. The van der Waals surface area contributed by atoms with Crippen molar-refractivity contribution >= 4 is 46.7 Å². The molecule has 0 bridgehead atoms. The van der Waals surface area contributed by atoms with Crippen LogP contribution in [0.15, 0.2) is 36.4 Å². The second kappa shape index (κ2) is 15.1. The number of nitrogens with zero attached hydrogens (tertiary/aromatic N) is 1. The molecular formula is C29H36Cl3NO7. The van der Waals surface area contributed by atoms with E-state index in [9.17, 15) is 9.59 Å². The molecule has 40 heavy (non-hydrogen) atoms. The predicted molar refractivity (Wildman–Crippen MR) is 155 cm³/mol. The van der Waals surface area contributed by atoms with E-state index in [2.05, 4.69) is 18.7 Å². The second-order valence-electron chi connectivity index (χ2n) is 10.1. The van der Waals surface area contributed by atoms with Crippen LogP contribution in [0.25, 0.3) is 0 Å². The highest BCUT2D eigenvalue weighted by Gasteiger charge is 2.26. The van der Waals surface area contributed by atoms with E-state index in [-0.39, 0.29) is 31.2 Å². The van der Waals surface area contributed by atoms with Crippen LogP contribution in [0.3, 0.4) is 0 Å². The number of esters is 2.